The second-order valence-electron chi connectivity index (χ2n) is 9.16. The zero-order valence-corrected chi connectivity index (χ0v) is 17.7. The molecule has 6 nitrogen and oxygen atoms in total. The summed E-state index contributed by atoms with van der Waals surface area (Å²) in [7, 11) is 0. The number of nitrogens with one attached hydrogen (secondary N) is 2. The highest BCUT2D eigenvalue weighted by molar-refractivity contribution is 5.95. The molecule has 0 saturated heterocycles. The number of amides is 1. The van der Waals surface area contributed by atoms with Crippen molar-refractivity contribution in [1.29, 1.82) is 0 Å². The van der Waals surface area contributed by atoms with Crippen molar-refractivity contribution in [3.05, 3.63) is 78.9 Å². The van der Waals surface area contributed by atoms with Crippen molar-refractivity contribution >= 4 is 17.5 Å². The SMILES string of the molecule is O=C(N[C@@H]1C[C@H]1C12C=CCCC1C2)c1cncc(Nc2ncc(-c3ccccc3)cn2)c1.[HH].[HH]. The Hall–Kier alpha value is -3.54. The van der Waals surface area contributed by atoms with Crippen molar-refractivity contribution in [2.75, 3.05) is 5.32 Å². The first-order valence-corrected chi connectivity index (χ1v) is 11.3. The van der Waals surface area contributed by atoms with Crippen LogP contribution in [0.4, 0.5) is 11.6 Å². The van der Waals surface area contributed by atoms with E-state index in [0.717, 1.165) is 23.5 Å². The number of carbonyl (C=O) groups excluding carboxylic acids is 1. The molecule has 164 valence electrons. The van der Waals surface area contributed by atoms with Gasteiger partial charge >= 0.3 is 0 Å². The number of fused-ring (bicyclic) bond motifs is 1. The van der Waals surface area contributed by atoms with Gasteiger partial charge in [-0.1, -0.05) is 42.5 Å². The highest BCUT2D eigenvalue weighted by atomic mass is 16.1. The molecule has 32 heavy (non-hydrogen) atoms. The van der Waals surface area contributed by atoms with E-state index in [9.17, 15) is 4.79 Å². The molecule has 4 atom stereocenters. The van der Waals surface area contributed by atoms with Gasteiger partial charge in [-0.05, 0) is 54.6 Å². The van der Waals surface area contributed by atoms with Gasteiger partial charge in [0.15, 0.2) is 0 Å². The molecule has 6 heteroatoms. The van der Waals surface area contributed by atoms with E-state index in [2.05, 4.69) is 37.7 Å². The van der Waals surface area contributed by atoms with Crippen LogP contribution in [0.5, 0.6) is 0 Å². The van der Waals surface area contributed by atoms with E-state index in [1.165, 1.54) is 19.3 Å². The highest BCUT2D eigenvalue weighted by Gasteiger charge is 2.64. The van der Waals surface area contributed by atoms with Crippen LogP contribution in [-0.2, 0) is 0 Å². The molecule has 2 N–H and O–H groups in total. The lowest BCUT2D eigenvalue weighted by atomic mass is 9.90. The lowest BCUT2D eigenvalue weighted by Crippen LogP contribution is -2.28. The van der Waals surface area contributed by atoms with Crippen LogP contribution in [0.15, 0.2) is 73.3 Å². The maximum Gasteiger partial charge on any atom is 0.253 e. The molecular formula is C26H29N5O. The minimum absolute atomic E-state index is 0. The fraction of sp³-hybridized carbons (Fsp3) is 0.308. The van der Waals surface area contributed by atoms with Gasteiger partial charge in [0.2, 0.25) is 5.95 Å². The molecule has 3 aliphatic rings. The molecule has 3 aromatic rings. The third kappa shape index (κ3) is 3.55. The molecule has 0 spiro atoms. The molecule has 6 rings (SSSR count). The first-order valence-electron chi connectivity index (χ1n) is 11.3. The van der Waals surface area contributed by atoms with Crippen molar-refractivity contribution < 1.29 is 7.65 Å². The first kappa shape index (κ1) is 19.2. The molecule has 2 unspecified atom stereocenters. The lowest BCUT2D eigenvalue weighted by molar-refractivity contribution is 0.0947. The fourth-order valence-corrected chi connectivity index (χ4v) is 5.25. The molecule has 1 amide bonds. The Kier molecular flexibility index (Phi) is 4.52. The fourth-order valence-electron chi connectivity index (χ4n) is 5.25. The Morgan fingerprint density at radius 3 is 2.72 bits per heavy atom. The van der Waals surface area contributed by atoms with Gasteiger partial charge in [-0.2, -0.15) is 0 Å². The van der Waals surface area contributed by atoms with Gasteiger partial charge < -0.3 is 10.6 Å². The summed E-state index contributed by atoms with van der Waals surface area (Å²) in [4.78, 5) is 25.9. The summed E-state index contributed by atoms with van der Waals surface area (Å²) in [5, 5.41) is 6.36. The van der Waals surface area contributed by atoms with Crippen LogP contribution in [0.2, 0.25) is 0 Å². The average Bonchev–Trinajstić information content (AvgIpc) is 3.75. The smallest absolute Gasteiger partial charge is 0.253 e. The predicted molar refractivity (Wildman–Crippen MR) is 127 cm³/mol. The standard InChI is InChI=1S/C26H25N5O.2H2/c32-24(31-23-11-22(23)26-9-5-4-8-20(26)12-26)18-10-21(16-27-13-18)30-25-28-14-19(15-29-25)17-6-2-1-3-7-17;;/h1-3,5-7,9-10,13-16,20,22-23H,4,8,11-12H2,(H,31,32)(H,28,29,30);2*1H/t20?,22-,23-,26?;;/m1../s1. The monoisotopic (exact) mass is 427 g/mol. The van der Waals surface area contributed by atoms with E-state index in [-0.39, 0.29) is 14.8 Å². The second-order valence-corrected chi connectivity index (χ2v) is 9.16. The Labute approximate surface area is 190 Å². The van der Waals surface area contributed by atoms with E-state index >= 15 is 0 Å². The second kappa shape index (κ2) is 7.55. The lowest BCUT2D eigenvalue weighted by Gasteiger charge is -2.16. The maximum absolute atomic E-state index is 12.8. The van der Waals surface area contributed by atoms with Crippen LogP contribution >= 0.6 is 0 Å². The highest BCUT2D eigenvalue weighted by Crippen LogP contribution is 2.69. The van der Waals surface area contributed by atoms with Crippen molar-refractivity contribution in [2.45, 2.75) is 31.7 Å². The Morgan fingerprint density at radius 2 is 1.91 bits per heavy atom. The largest absolute Gasteiger partial charge is 0.349 e. The van der Waals surface area contributed by atoms with Crippen LogP contribution < -0.4 is 10.6 Å². The number of anilines is 2. The molecule has 0 bridgehead atoms. The number of allylic oxidation sites excluding steroid dienone is 2. The summed E-state index contributed by atoms with van der Waals surface area (Å²) in [5.41, 5.74) is 3.63. The van der Waals surface area contributed by atoms with Gasteiger partial charge in [-0.3, -0.25) is 9.78 Å². The molecule has 2 fully saturated rings. The van der Waals surface area contributed by atoms with Crippen molar-refractivity contribution in [1.82, 2.24) is 20.3 Å². The summed E-state index contributed by atoms with van der Waals surface area (Å²) in [6.07, 6.45) is 16.5. The summed E-state index contributed by atoms with van der Waals surface area (Å²) < 4.78 is 0. The molecule has 0 radical (unpaired) electrons. The van der Waals surface area contributed by atoms with Crippen LogP contribution in [-0.4, -0.2) is 26.9 Å². The first-order chi connectivity index (χ1) is 15.7. The zero-order valence-electron chi connectivity index (χ0n) is 17.7. The number of pyridine rings is 1. The zero-order chi connectivity index (χ0) is 21.5. The Bertz CT molecular complexity index is 1190. The number of hydrogen-bond acceptors (Lipinski definition) is 5. The van der Waals surface area contributed by atoms with Crippen molar-refractivity contribution in [3.8, 4) is 11.1 Å². The Morgan fingerprint density at radius 1 is 1.06 bits per heavy atom. The van der Waals surface area contributed by atoms with Crippen LogP contribution in [0.1, 0.15) is 38.9 Å². The van der Waals surface area contributed by atoms with Gasteiger partial charge in [0.1, 0.15) is 0 Å². The predicted octanol–water partition coefficient (Wildman–Crippen LogP) is 5.25. The summed E-state index contributed by atoms with van der Waals surface area (Å²) in [6, 6.07) is 12.1. The number of carbonyl (C=O) groups is 1. The topological polar surface area (TPSA) is 79.8 Å². The van der Waals surface area contributed by atoms with E-state index in [0.29, 0.717) is 28.5 Å². The minimum Gasteiger partial charge on any atom is -0.349 e. The van der Waals surface area contributed by atoms with Crippen molar-refractivity contribution in [2.24, 2.45) is 17.3 Å². The van der Waals surface area contributed by atoms with E-state index < -0.39 is 0 Å². The van der Waals surface area contributed by atoms with E-state index in [4.69, 9.17) is 0 Å². The minimum atomic E-state index is -0.0672. The normalized spacial score (nSPS) is 27.3. The molecule has 1 aromatic carbocycles. The molecule has 2 saturated carbocycles. The molecule has 2 aromatic heterocycles. The third-order valence-corrected chi connectivity index (χ3v) is 7.12. The van der Waals surface area contributed by atoms with Gasteiger partial charge in [-0.15, -0.1) is 0 Å². The molecule has 3 aliphatic carbocycles. The molecule has 2 heterocycles. The number of nitrogens with zero attached hydrogens (tertiary/aromatic N) is 3. The van der Waals surface area contributed by atoms with Crippen LogP contribution in [0.3, 0.4) is 0 Å². The van der Waals surface area contributed by atoms with E-state index in [1.807, 2.05) is 30.3 Å². The van der Waals surface area contributed by atoms with Crippen molar-refractivity contribution in [3.63, 3.8) is 0 Å². The third-order valence-electron chi connectivity index (χ3n) is 7.12. The average molecular weight is 428 g/mol. The maximum atomic E-state index is 12.8. The molecular weight excluding hydrogens is 398 g/mol. The summed E-state index contributed by atoms with van der Waals surface area (Å²) in [5.74, 6) is 1.83. The van der Waals surface area contributed by atoms with Gasteiger partial charge in [-0.25, -0.2) is 9.97 Å². The van der Waals surface area contributed by atoms with Crippen LogP contribution in [0.25, 0.3) is 11.1 Å². The van der Waals surface area contributed by atoms with Gasteiger partial charge in [0, 0.05) is 33.0 Å². The Balaban J connectivity index is 0.00000137. The van der Waals surface area contributed by atoms with Crippen LogP contribution in [0, 0.1) is 17.3 Å². The summed E-state index contributed by atoms with van der Waals surface area (Å²) in [6.45, 7) is 0. The number of benzene rings is 1. The number of rotatable bonds is 6. The quantitative estimate of drug-likeness (QED) is 0.525. The number of aromatic nitrogens is 3. The molecule has 0 aliphatic heterocycles. The van der Waals surface area contributed by atoms with Gasteiger partial charge in [0.05, 0.1) is 17.4 Å². The van der Waals surface area contributed by atoms with Gasteiger partial charge in [0.25, 0.3) is 5.91 Å². The number of hydrogen-bond donors (Lipinski definition) is 2. The summed E-state index contributed by atoms with van der Waals surface area (Å²) >= 11 is 0. The van der Waals surface area contributed by atoms with E-state index in [1.54, 1.807) is 30.9 Å².